The van der Waals surface area contributed by atoms with Gasteiger partial charge in [-0.1, -0.05) is 0 Å². The average molecular weight is 220 g/mol. The van der Waals surface area contributed by atoms with Crippen LogP contribution in [0.3, 0.4) is 0 Å². The Labute approximate surface area is 90.1 Å². The molecule has 1 saturated heterocycles. The molecule has 0 aromatic carbocycles. The number of hydrogen-bond donors (Lipinski definition) is 1. The summed E-state index contributed by atoms with van der Waals surface area (Å²) in [5, 5.41) is 3.05. The Morgan fingerprint density at radius 2 is 2.14 bits per heavy atom. The summed E-state index contributed by atoms with van der Waals surface area (Å²) in [5.41, 5.74) is -0.0678. The molecule has 0 aromatic heterocycles. The van der Waals surface area contributed by atoms with Crippen molar-refractivity contribution in [3.63, 3.8) is 0 Å². The van der Waals surface area contributed by atoms with Crippen molar-refractivity contribution < 1.29 is 9.53 Å². The molecule has 0 aromatic rings. The highest BCUT2D eigenvalue weighted by molar-refractivity contribution is 6.17. The van der Waals surface area contributed by atoms with Crippen LogP contribution in [-0.2, 0) is 9.53 Å². The van der Waals surface area contributed by atoms with Crippen LogP contribution in [0.5, 0.6) is 0 Å². The summed E-state index contributed by atoms with van der Waals surface area (Å²) >= 11 is 5.52. The van der Waals surface area contributed by atoms with Gasteiger partial charge in [0.15, 0.2) is 0 Å². The minimum absolute atomic E-state index is 0.0678. The summed E-state index contributed by atoms with van der Waals surface area (Å²) in [6.07, 6.45) is 3.08. The highest BCUT2D eigenvalue weighted by Crippen LogP contribution is 2.19. The Kier molecular flexibility index (Phi) is 4.69. The van der Waals surface area contributed by atoms with Crippen molar-refractivity contribution in [2.24, 2.45) is 0 Å². The largest absolute Gasteiger partial charge is 0.381 e. The molecule has 1 heterocycles. The molecule has 1 N–H and O–H groups in total. The molecule has 0 unspecified atom stereocenters. The number of alkyl halides is 1. The third-order valence-corrected chi connectivity index (χ3v) is 2.84. The van der Waals surface area contributed by atoms with Gasteiger partial charge in [-0.25, -0.2) is 0 Å². The van der Waals surface area contributed by atoms with Crippen LogP contribution in [0.25, 0.3) is 0 Å². The molecular weight excluding hydrogens is 202 g/mol. The zero-order valence-corrected chi connectivity index (χ0v) is 9.40. The Bertz CT molecular complexity index is 191. The van der Waals surface area contributed by atoms with Crippen LogP contribution in [-0.4, -0.2) is 30.5 Å². The van der Waals surface area contributed by atoms with Crippen molar-refractivity contribution in [2.75, 3.05) is 19.1 Å². The van der Waals surface area contributed by atoms with E-state index in [9.17, 15) is 4.79 Å². The molecule has 0 aliphatic carbocycles. The number of carbonyl (C=O) groups excluding carboxylic acids is 1. The van der Waals surface area contributed by atoms with Gasteiger partial charge in [-0.2, -0.15) is 0 Å². The SMILES string of the molecule is CC1(NC(=O)CCCCl)CCOCC1. The van der Waals surface area contributed by atoms with Crippen molar-refractivity contribution in [1.82, 2.24) is 5.32 Å². The van der Waals surface area contributed by atoms with Crippen LogP contribution < -0.4 is 5.32 Å². The minimum Gasteiger partial charge on any atom is -0.381 e. The van der Waals surface area contributed by atoms with Gasteiger partial charge in [0.2, 0.25) is 5.91 Å². The fraction of sp³-hybridized carbons (Fsp3) is 0.900. The summed E-state index contributed by atoms with van der Waals surface area (Å²) in [6.45, 7) is 3.56. The molecule has 4 heteroatoms. The summed E-state index contributed by atoms with van der Waals surface area (Å²) in [6, 6.07) is 0. The molecule has 1 aliphatic heterocycles. The highest BCUT2D eigenvalue weighted by Gasteiger charge is 2.28. The first-order chi connectivity index (χ1) is 6.66. The monoisotopic (exact) mass is 219 g/mol. The molecule has 1 rings (SSSR count). The highest BCUT2D eigenvalue weighted by atomic mass is 35.5. The molecule has 0 radical (unpaired) electrons. The average Bonchev–Trinajstić information content (AvgIpc) is 2.15. The van der Waals surface area contributed by atoms with E-state index in [1.807, 2.05) is 0 Å². The maximum atomic E-state index is 11.5. The first kappa shape index (κ1) is 11.8. The van der Waals surface area contributed by atoms with Crippen LogP contribution >= 0.6 is 11.6 Å². The lowest BCUT2D eigenvalue weighted by molar-refractivity contribution is -0.124. The van der Waals surface area contributed by atoms with Gasteiger partial charge in [0.1, 0.15) is 0 Å². The minimum atomic E-state index is -0.0678. The molecule has 0 atom stereocenters. The maximum absolute atomic E-state index is 11.5. The number of rotatable bonds is 4. The number of hydrogen-bond acceptors (Lipinski definition) is 2. The summed E-state index contributed by atoms with van der Waals surface area (Å²) in [5.74, 6) is 0.655. The van der Waals surface area contributed by atoms with E-state index in [0.29, 0.717) is 12.3 Å². The van der Waals surface area contributed by atoms with Crippen molar-refractivity contribution in [3.8, 4) is 0 Å². The number of ether oxygens (including phenoxy) is 1. The molecule has 0 bridgehead atoms. The summed E-state index contributed by atoms with van der Waals surface area (Å²) in [4.78, 5) is 11.5. The zero-order valence-electron chi connectivity index (χ0n) is 8.64. The number of carbonyl (C=O) groups is 1. The lowest BCUT2D eigenvalue weighted by Gasteiger charge is -2.34. The molecule has 82 valence electrons. The lowest BCUT2D eigenvalue weighted by Crippen LogP contribution is -2.49. The van der Waals surface area contributed by atoms with Gasteiger partial charge in [-0.3, -0.25) is 4.79 Å². The van der Waals surface area contributed by atoms with Crippen molar-refractivity contribution in [3.05, 3.63) is 0 Å². The van der Waals surface area contributed by atoms with Crippen LogP contribution in [0.1, 0.15) is 32.6 Å². The van der Waals surface area contributed by atoms with Gasteiger partial charge in [-0.05, 0) is 26.2 Å². The second-order valence-corrected chi connectivity index (χ2v) is 4.39. The van der Waals surface area contributed by atoms with E-state index in [2.05, 4.69) is 12.2 Å². The summed E-state index contributed by atoms with van der Waals surface area (Å²) in [7, 11) is 0. The van der Waals surface area contributed by atoms with E-state index in [0.717, 1.165) is 32.5 Å². The molecule has 0 saturated carbocycles. The van der Waals surface area contributed by atoms with Gasteiger partial charge in [0.25, 0.3) is 0 Å². The molecule has 1 amide bonds. The number of amides is 1. The third kappa shape index (κ3) is 3.84. The van der Waals surface area contributed by atoms with Crippen LogP contribution in [0.2, 0.25) is 0 Å². The third-order valence-electron chi connectivity index (χ3n) is 2.58. The zero-order chi connectivity index (χ0) is 10.4. The topological polar surface area (TPSA) is 38.3 Å². The summed E-state index contributed by atoms with van der Waals surface area (Å²) < 4.78 is 5.26. The van der Waals surface area contributed by atoms with E-state index in [-0.39, 0.29) is 11.4 Å². The Morgan fingerprint density at radius 1 is 1.50 bits per heavy atom. The number of halogens is 1. The Hall–Kier alpha value is -0.280. The lowest BCUT2D eigenvalue weighted by atomic mass is 9.92. The van der Waals surface area contributed by atoms with E-state index >= 15 is 0 Å². The van der Waals surface area contributed by atoms with Crippen molar-refractivity contribution in [2.45, 2.75) is 38.1 Å². The van der Waals surface area contributed by atoms with E-state index in [4.69, 9.17) is 16.3 Å². The van der Waals surface area contributed by atoms with Gasteiger partial charge in [-0.15, -0.1) is 11.6 Å². The second-order valence-electron chi connectivity index (χ2n) is 4.01. The molecular formula is C10H18ClNO2. The molecule has 0 spiro atoms. The predicted octanol–water partition coefficient (Wildman–Crippen LogP) is 1.69. The molecule has 1 aliphatic rings. The van der Waals surface area contributed by atoms with E-state index in [1.54, 1.807) is 0 Å². The smallest absolute Gasteiger partial charge is 0.220 e. The first-order valence-corrected chi connectivity index (χ1v) is 5.64. The van der Waals surface area contributed by atoms with Crippen molar-refractivity contribution >= 4 is 17.5 Å². The predicted molar refractivity (Wildman–Crippen MR) is 56.6 cm³/mol. The second kappa shape index (κ2) is 5.56. The molecule has 3 nitrogen and oxygen atoms in total. The van der Waals surface area contributed by atoms with Crippen LogP contribution in [0, 0.1) is 0 Å². The van der Waals surface area contributed by atoms with Gasteiger partial charge in [0, 0.05) is 31.1 Å². The van der Waals surface area contributed by atoms with E-state index in [1.165, 1.54) is 0 Å². The maximum Gasteiger partial charge on any atom is 0.220 e. The van der Waals surface area contributed by atoms with Crippen LogP contribution in [0.4, 0.5) is 0 Å². The normalized spacial score (nSPS) is 20.4. The van der Waals surface area contributed by atoms with Gasteiger partial charge in [0.05, 0.1) is 0 Å². The fourth-order valence-corrected chi connectivity index (χ4v) is 1.71. The Morgan fingerprint density at radius 3 is 2.71 bits per heavy atom. The standard InChI is InChI=1S/C10H18ClNO2/c1-10(4-7-14-8-5-10)12-9(13)3-2-6-11/h2-8H2,1H3,(H,12,13). The number of nitrogens with one attached hydrogen (secondary N) is 1. The van der Waals surface area contributed by atoms with Crippen molar-refractivity contribution in [1.29, 1.82) is 0 Å². The van der Waals surface area contributed by atoms with Crippen LogP contribution in [0.15, 0.2) is 0 Å². The fourth-order valence-electron chi connectivity index (χ4n) is 1.57. The quantitative estimate of drug-likeness (QED) is 0.731. The van der Waals surface area contributed by atoms with Gasteiger partial charge >= 0.3 is 0 Å². The van der Waals surface area contributed by atoms with Gasteiger partial charge < -0.3 is 10.1 Å². The van der Waals surface area contributed by atoms with E-state index < -0.39 is 0 Å². The molecule has 14 heavy (non-hydrogen) atoms. The first-order valence-electron chi connectivity index (χ1n) is 5.11. The Balaban J connectivity index is 2.29. The molecule has 1 fully saturated rings.